The highest BCUT2D eigenvalue weighted by Crippen LogP contribution is 2.21. The third-order valence-corrected chi connectivity index (χ3v) is 6.89. The van der Waals surface area contributed by atoms with Gasteiger partial charge in [-0.3, -0.25) is 0 Å². The van der Waals surface area contributed by atoms with Crippen LogP contribution in [0.4, 0.5) is 0 Å². The van der Waals surface area contributed by atoms with E-state index in [9.17, 15) is 8.42 Å². The Labute approximate surface area is 137 Å². The average Bonchev–Trinajstić information content (AvgIpc) is 3.10. The van der Waals surface area contributed by atoms with Gasteiger partial charge in [-0.05, 0) is 44.4 Å². The maximum Gasteiger partial charge on any atom is 0.154 e. The zero-order valence-corrected chi connectivity index (χ0v) is 14.4. The third kappa shape index (κ3) is 3.48. The SMILES string of the molecule is Cc1nccn1-c1ccc([C@H](C)NC[C@H]2CCCS2(=O)=O)cc1. The summed E-state index contributed by atoms with van der Waals surface area (Å²) in [4.78, 5) is 4.23. The first-order valence-electron chi connectivity index (χ1n) is 8.02. The van der Waals surface area contributed by atoms with E-state index in [1.54, 1.807) is 6.20 Å². The van der Waals surface area contributed by atoms with Crippen molar-refractivity contribution in [3.05, 3.63) is 48.0 Å². The lowest BCUT2D eigenvalue weighted by molar-refractivity contribution is 0.538. The van der Waals surface area contributed by atoms with Crippen LogP contribution in [0.2, 0.25) is 0 Å². The van der Waals surface area contributed by atoms with Crippen LogP contribution >= 0.6 is 0 Å². The van der Waals surface area contributed by atoms with Gasteiger partial charge >= 0.3 is 0 Å². The lowest BCUT2D eigenvalue weighted by Crippen LogP contribution is -2.32. The predicted molar refractivity (Wildman–Crippen MR) is 91.5 cm³/mol. The number of imidazole rings is 1. The molecule has 0 aliphatic carbocycles. The van der Waals surface area contributed by atoms with Gasteiger partial charge in [-0.1, -0.05) is 12.1 Å². The van der Waals surface area contributed by atoms with Gasteiger partial charge in [-0.15, -0.1) is 0 Å². The predicted octanol–water partition coefficient (Wildman–Crippen LogP) is 2.41. The van der Waals surface area contributed by atoms with Gasteiger partial charge in [0.15, 0.2) is 9.84 Å². The van der Waals surface area contributed by atoms with Crippen LogP contribution in [0.15, 0.2) is 36.7 Å². The first-order chi connectivity index (χ1) is 11.0. The highest BCUT2D eigenvalue weighted by Gasteiger charge is 2.31. The number of rotatable bonds is 5. The highest BCUT2D eigenvalue weighted by atomic mass is 32.2. The van der Waals surface area contributed by atoms with Gasteiger partial charge in [-0.25, -0.2) is 13.4 Å². The maximum atomic E-state index is 11.9. The minimum absolute atomic E-state index is 0.128. The minimum atomic E-state index is -2.88. The number of hydrogen-bond donors (Lipinski definition) is 1. The molecule has 1 aliphatic heterocycles. The third-order valence-electron chi connectivity index (χ3n) is 4.61. The van der Waals surface area contributed by atoms with Crippen molar-refractivity contribution in [2.75, 3.05) is 12.3 Å². The van der Waals surface area contributed by atoms with Gasteiger partial charge in [0.2, 0.25) is 0 Å². The van der Waals surface area contributed by atoms with Crippen molar-refractivity contribution in [2.24, 2.45) is 0 Å². The summed E-state index contributed by atoms with van der Waals surface area (Å²) in [6.07, 6.45) is 5.30. The second kappa shape index (κ2) is 6.45. The van der Waals surface area contributed by atoms with E-state index in [0.29, 0.717) is 12.3 Å². The molecule has 0 bridgehead atoms. The average molecular weight is 333 g/mol. The fraction of sp³-hybridized carbons (Fsp3) is 0.471. The molecular formula is C17H23N3O2S. The van der Waals surface area contributed by atoms with Crippen LogP contribution in [0.5, 0.6) is 0 Å². The molecular weight excluding hydrogens is 310 g/mol. The Morgan fingerprint density at radius 3 is 2.65 bits per heavy atom. The van der Waals surface area contributed by atoms with Crippen LogP contribution in [0.1, 0.15) is 37.2 Å². The number of sulfone groups is 1. The fourth-order valence-electron chi connectivity index (χ4n) is 3.09. The van der Waals surface area contributed by atoms with Gasteiger partial charge in [0.25, 0.3) is 0 Å². The Morgan fingerprint density at radius 2 is 2.09 bits per heavy atom. The Kier molecular flexibility index (Phi) is 4.55. The molecule has 23 heavy (non-hydrogen) atoms. The van der Waals surface area contributed by atoms with E-state index >= 15 is 0 Å². The van der Waals surface area contributed by atoms with E-state index in [4.69, 9.17) is 0 Å². The summed E-state index contributed by atoms with van der Waals surface area (Å²) in [5, 5.41) is 3.14. The van der Waals surface area contributed by atoms with Crippen molar-refractivity contribution in [3.8, 4) is 5.69 Å². The molecule has 3 rings (SSSR count). The summed E-state index contributed by atoms with van der Waals surface area (Å²) in [7, 11) is -2.88. The molecule has 2 aromatic rings. The normalized spacial score (nSPS) is 21.4. The molecule has 1 fully saturated rings. The standard InChI is InChI=1S/C17H23N3O2S/c1-13(19-12-17-4-3-11-23(17,21)22)15-5-7-16(8-6-15)20-10-9-18-14(20)2/h5-10,13,17,19H,3-4,11-12H2,1-2H3/t13-,17+/m0/s1. The zero-order valence-electron chi connectivity index (χ0n) is 13.6. The first-order valence-corrected chi connectivity index (χ1v) is 9.74. The number of nitrogens with one attached hydrogen (secondary N) is 1. The minimum Gasteiger partial charge on any atom is -0.309 e. The number of aryl methyl sites for hydroxylation is 1. The summed E-state index contributed by atoms with van der Waals surface area (Å²) >= 11 is 0. The van der Waals surface area contributed by atoms with Gasteiger partial charge in [-0.2, -0.15) is 0 Å². The molecule has 5 nitrogen and oxygen atoms in total. The molecule has 2 heterocycles. The Balaban J connectivity index is 1.64. The van der Waals surface area contributed by atoms with Crippen LogP contribution in [-0.2, 0) is 9.84 Å². The van der Waals surface area contributed by atoms with E-state index in [1.807, 2.05) is 17.7 Å². The van der Waals surface area contributed by atoms with Crippen molar-refractivity contribution < 1.29 is 8.42 Å². The molecule has 1 aliphatic rings. The first kappa shape index (κ1) is 16.2. The molecule has 0 unspecified atom stereocenters. The molecule has 6 heteroatoms. The molecule has 1 N–H and O–H groups in total. The maximum absolute atomic E-state index is 11.9. The Bertz CT molecular complexity index is 765. The summed E-state index contributed by atoms with van der Waals surface area (Å²) < 4.78 is 25.8. The van der Waals surface area contributed by atoms with E-state index in [1.165, 1.54) is 0 Å². The van der Waals surface area contributed by atoms with E-state index in [-0.39, 0.29) is 11.3 Å². The topological polar surface area (TPSA) is 64.0 Å². The van der Waals surface area contributed by atoms with Crippen LogP contribution in [0.25, 0.3) is 5.69 Å². The Morgan fingerprint density at radius 1 is 1.35 bits per heavy atom. The Hall–Kier alpha value is -1.66. The molecule has 0 saturated carbocycles. The van der Waals surface area contributed by atoms with Gasteiger partial charge in [0, 0.05) is 30.7 Å². The van der Waals surface area contributed by atoms with Crippen LogP contribution < -0.4 is 5.32 Å². The largest absolute Gasteiger partial charge is 0.309 e. The van der Waals surface area contributed by atoms with E-state index in [2.05, 4.69) is 41.5 Å². The zero-order chi connectivity index (χ0) is 16.4. The molecule has 1 saturated heterocycles. The monoisotopic (exact) mass is 333 g/mol. The lowest BCUT2D eigenvalue weighted by atomic mass is 10.1. The summed E-state index contributed by atoms with van der Waals surface area (Å²) in [5.74, 6) is 1.29. The van der Waals surface area contributed by atoms with Gasteiger partial charge in [0.1, 0.15) is 5.82 Å². The van der Waals surface area contributed by atoms with Crippen LogP contribution in [0, 0.1) is 6.92 Å². The summed E-state index contributed by atoms with van der Waals surface area (Å²) in [5.41, 5.74) is 2.23. The molecule has 124 valence electrons. The smallest absolute Gasteiger partial charge is 0.154 e. The summed E-state index contributed by atoms with van der Waals surface area (Å²) in [6.45, 7) is 4.57. The number of nitrogens with zero attached hydrogens (tertiary/aromatic N) is 2. The molecule has 0 spiro atoms. The molecule has 0 amide bonds. The van der Waals surface area contributed by atoms with Crippen molar-refractivity contribution in [2.45, 2.75) is 38.0 Å². The highest BCUT2D eigenvalue weighted by molar-refractivity contribution is 7.92. The number of hydrogen-bond acceptors (Lipinski definition) is 4. The quantitative estimate of drug-likeness (QED) is 0.913. The summed E-state index contributed by atoms with van der Waals surface area (Å²) in [6, 6.07) is 8.41. The molecule has 1 aromatic carbocycles. The van der Waals surface area contributed by atoms with Crippen molar-refractivity contribution in [3.63, 3.8) is 0 Å². The number of aromatic nitrogens is 2. The van der Waals surface area contributed by atoms with Crippen molar-refractivity contribution >= 4 is 9.84 Å². The van der Waals surface area contributed by atoms with Gasteiger partial charge < -0.3 is 9.88 Å². The van der Waals surface area contributed by atoms with Crippen LogP contribution in [-0.4, -0.2) is 35.5 Å². The number of benzene rings is 1. The molecule has 2 atom stereocenters. The van der Waals surface area contributed by atoms with E-state index < -0.39 is 9.84 Å². The van der Waals surface area contributed by atoms with Crippen LogP contribution in [0.3, 0.4) is 0 Å². The second-order valence-corrected chi connectivity index (χ2v) is 8.60. The lowest BCUT2D eigenvalue weighted by Gasteiger charge is -2.18. The fourth-order valence-corrected chi connectivity index (χ4v) is 4.87. The van der Waals surface area contributed by atoms with Gasteiger partial charge in [0.05, 0.1) is 11.0 Å². The molecule has 1 aromatic heterocycles. The second-order valence-electron chi connectivity index (χ2n) is 6.20. The van der Waals surface area contributed by atoms with Crippen molar-refractivity contribution in [1.29, 1.82) is 0 Å². The van der Waals surface area contributed by atoms with Crippen molar-refractivity contribution in [1.82, 2.24) is 14.9 Å². The van der Waals surface area contributed by atoms with E-state index in [0.717, 1.165) is 29.9 Å². The molecule has 0 radical (unpaired) electrons.